The molecule has 0 amide bonds. The van der Waals surface area contributed by atoms with Crippen molar-refractivity contribution in [3.05, 3.63) is 0 Å². The van der Waals surface area contributed by atoms with Crippen molar-refractivity contribution in [2.45, 2.75) is 96.4 Å². The third-order valence-corrected chi connectivity index (χ3v) is 5.45. The van der Waals surface area contributed by atoms with Crippen molar-refractivity contribution in [2.24, 2.45) is 11.8 Å². The molecule has 0 bridgehead atoms. The molecule has 0 spiro atoms. The first-order valence-corrected chi connectivity index (χ1v) is 9.58. The number of hydrogen-bond donors (Lipinski definition) is 2. The van der Waals surface area contributed by atoms with Gasteiger partial charge in [-0.2, -0.15) is 0 Å². The first-order chi connectivity index (χ1) is 10.7. The molecule has 3 heteroatoms. The highest BCUT2D eigenvalue weighted by Gasteiger charge is 2.33. The molecule has 1 saturated carbocycles. The first kappa shape index (κ1) is 19.5. The molecule has 130 valence electrons. The van der Waals surface area contributed by atoms with Gasteiger partial charge in [-0.15, -0.1) is 0 Å². The Morgan fingerprint density at radius 2 is 1.68 bits per heavy atom. The number of nitrogens with one attached hydrogen (secondary N) is 1. The summed E-state index contributed by atoms with van der Waals surface area (Å²) in [5.41, 5.74) is 0. The van der Waals surface area contributed by atoms with Crippen LogP contribution in [0.3, 0.4) is 0 Å². The fourth-order valence-electron chi connectivity index (χ4n) is 4.15. The average Bonchev–Trinajstić information content (AvgIpc) is 2.89. The van der Waals surface area contributed by atoms with Gasteiger partial charge in [0.25, 0.3) is 0 Å². The van der Waals surface area contributed by atoms with Crippen molar-refractivity contribution in [1.29, 1.82) is 0 Å². The summed E-state index contributed by atoms with van der Waals surface area (Å²) in [6.07, 6.45) is 15.7. The van der Waals surface area contributed by atoms with E-state index in [1.807, 2.05) is 0 Å². The zero-order chi connectivity index (χ0) is 16.2. The lowest BCUT2D eigenvalue weighted by atomic mass is 9.85. The van der Waals surface area contributed by atoms with Crippen LogP contribution in [0.4, 0.5) is 0 Å². The highest BCUT2D eigenvalue weighted by Crippen LogP contribution is 2.38. The normalized spacial score (nSPS) is 24.7. The van der Waals surface area contributed by atoms with Crippen molar-refractivity contribution in [2.75, 3.05) is 7.05 Å². The maximum atomic E-state index is 10.5. The van der Waals surface area contributed by atoms with Crippen molar-refractivity contribution in [1.82, 2.24) is 5.32 Å². The largest absolute Gasteiger partial charge is 0.481 e. The Labute approximate surface area is 137 Å². The van der Waals surface area contributed by atoms with Crippen LogP contribution in [0.2, 0.25) is 0 Å². The number of rotatable bonds is 13. The van der Waals surface area contributed by atoms with Crippen LogP contribution in [0.25, 0.3) is 0 Å². The Kier molecular flexibility index (Phi) is 10.6. The number of carboxylic acids is 1. The summed E-state index contributed by atoms with van der Waals surface area (Å²) < 4.78 is 0. The third kappa shape index (κ3) is 7.62. The number of carboxylic acid groups (broad SMARTS) is 1. The molecule has 1 aliphatic carbocycles. The second kappa shape index (κ2) is 11.9. The second-order valence-corrected chi connectivity index (χ2v) is 7.09. The molecule has 0 heterocycles. The summed E-state index contributed by atoms with van der Waals surface area (Å²) in [5, 5.41) is 12.2. The number of aliphatic carboxylic acids is 1. The SMILES string of the molecule is CCCCCC[C@H]1CCC(NC)[C@@H]1CCCCCCC(=O)O. The van der Waals surface area contributed by atoms with Gasteiger partial charge < -0.3 is 10.4 Å². The molecule has 0 aromatic heterocycles. The van der Waals surface area contributed by atoms with E-state index in [0.29, 0.717) is 6.42 Å². The van der Waals surface area contributed by atoms with Crippen molar-refractivity contribution in [3.8, 4) is 0 Å². The van der Waals surface area contributed by atoms with Gasteiger partial charge in [-0.3, -0.25) is 4.79 Å². The standard InChI is InChI=1S/C19H37NO2/c1-3-4-5-8-11-16-14-15-18(20-2)17(16)12-9-6-7-10-13-19(21)22/h16-18,20H,3-15H2,1-2H3,(H,21,22)/t16-,17+,18?/m0/s1. The van der Waals surface area contributed by atoms with Crippen LogP contribution in [0.1, 0.15) is 90.4 Å². The molecule has 0 saturated heterocycles. The average molecular weight is 312 g/mol. The Hall–Kier alpha value is -0.570. The molecule has 1 fully saturated rings. The summed E-state index contributed by atoms with van der Waals surface area (Å²) in [6, 6.07) is 0.718. The van der Waals surface area contributed by atoms with E-state index >= 15 is 0 Å². The van der Waals surface area contributed by atoms with Gasteiger partial charge in [-0.1, -0.05) is 58.3 Å². The highest BCUT2D eigenvalue weighted by atomic mass is 16.4. The van der Waals surface area contributed by atoms with E-state index in [1.165, 1.54) is 64.2 Å². The zero-order valence-electron chi connectivity index (χ0n) is 14.8. The minimum Gasteiger partial charge on any atom is -0.481 e. The lowest BCUT2D eigenvalue weighted by molar-refractivity contribution is -0.137. The molecule has 0 aliphatic heterocycles. The van der Waals surface area contributed by atoms with Crippen LogP contribution in [0.5, 0.6) is 0 Å². The van der Waals surface area contributed by atoms with Gasteiger partial charge in [0.1, 0.15) is 0 Å². The maximum Gasteiger partial charge on any atom is 0.303 e. The molecular formula is C19H37NO2. The highest BCUT2D eigenvalue weighted by molar-refractivity contribution is 5.66. The summed E-state index contributed by atoms with van der Waals surface area (Å²) in [7, 11) is 2.12. The molecular weight excluding hydrogens is 274 g/mol. The van der Waals surface area contributed by atoms with E-state index in [9.17, 15) is 4.79 Å². The van der Waals surface area contributed by atoms with Gasteiger partial charge in [-0.25, -0.2) is 0 Å². The first-order valence-electron chi connectivity index (χ1n) is 9.58. The van der Waals surface area contributed by atoms with Gasteiger partial charge in [-0.05, 0) is 44.6 Å². The van der Waals surface area contributed by atoms with Crippen molar-refractivity contribution < 1.29 is 9.90 Å². The number of hydrogen-bond acceptors (Lipinski definition) is 2. The fourth-order valence-corrected chi connectivity index (χ4v) is 4.15. The predicted octanol–water partition coefficient (Wildman–Crippen LogP) is 5.00. The van der Waals surface area contributed by atoms with Crippen LogP contribution in [-0.2, 0) is 4.79 Å². The van der Waals surface area contributed by atoms with Crippen molar-refractivity contribution >= 4 is 5.97 Å². The van der Waals surface area contributed by atoms with E-state index in [4.69, 9.17) is 5.11 Å². The summed E-state index contributed by atoms with van der Waals surface area (Å²) in [4.78, 5) is 10.5. The molecule has 22 heavy (non-hydrogen) atoms. The number of unbranched alkanes of at least 4 members (excludes halogenated alkanes) is 6. The van der Waals surface area contributed by atoms with Crippen LogP contribution >= 0.6 is 0 Å². The van der Waals surface area contributed by atoms with Gasteiger partial charge in [0, 0.05) is 12.5 Å². The Morgan fingerprint density at radius 3 is 2.36 bits per heavy atom. The molecule has 1 unspecified atom stereocenters. The summed E-state index contributed by atoms with van der Waals surface area (Å²) in [5.74, 6) is 1.12. The fraction of sp³-hybridized carbons (Fsp3) is 0.947. The minimum absolute atomic E-state index is 0.336. The molecule has 0 aromatic rings. The van der Waals surface area contributed by atoms with Gasteiger partial charge in [0.05, 0.1) is 0 Å². The molecule has 3 nitrogen and oxygen atoms in total. The van der Waals surface area contributed by atoms with Gasteiger partial charge in [0.2, 0.25) is 0 Å². The second-order valence-electron chi connectivity index (χ2n) is 7.09. The van der Waals surface area contributed by atoms with E-state index < -0.39 is 5.97 Å². The lowest BCUT2D eigenvalue weighted by Gasteiger charge is -2.25. The van der Waals surface area contributed by atoms with E-state index in [0.717, 1.165) is 30.7 Å². The van der Waals surface area contributed by atoms with Crippen LogP contribution in [0.15, 0.2) is 0 Å². The third-order valence-electron chi connectivity index (χ3n) is 5.45. The molecule has 3 atom stereocenters. The molecule has 2 N–H and O–H groups in total. The topological polar surface area (TPSA) is 49.3 Å². The molecule has 0 radical (unpaired) electrons. The van der Waals surface area contributed by atoms with Crippen molar-refractivity contribution in [3.63, 3.8) is 0 Å². The van der Waals surface area contributed by atoms with Gasteiger partial charge in [0.15, 0.2) is 0 Å². The van der Waals surface area contributed by atoms with E-state index in [1.54, 1.807) is 0 Å². The molecule has 0 aromatic carbocycles. The summed E-state index contributed by atoms with van der Waals surface area (Å²) in [6.45, 7) is 2.28. The minimum atomic E-state index is -0.654. The smallest absolute Gasteiger partial charge is 0.303 e. The van der Waals surface area contributed by atoms with Crippen LogP contribution < -0.4 is 5.32 Å². The van der Waals surface area contributed by atoms with Crippen LogP contribution in [0, 0.1) is 11.8 Å². The molecule has 1 rings (SSSR count). The predicted molar refractivity (Wildman–Crippen MR) is 93.2 cm³/mol. The van der Waals surface area contributed by atoms with E-state index in [2.05, 4.69) is 19.3 Å². The quantitative estimate of drug-likeness (QED) is 0.471. The zero-order valence-corrected chi connectivity index (χ0v) is 14.8. The Morgan fingerprint density at radius 1 is 1.00 bits per heavy atom. The molecule has 1 aliphatic rings. The van der Waals surface area contributed by atoms with E-state index in [-0.39, 0.29) is 0 Å². The lowest BCUT2D eigenvalue weighted by Crippen LogP contribution is -2.31. The number of carbonyl (C=O) groups is 1. The maximum absolute atomic E-state index is 10.5. The Bertz CT molecular complexity index is 293. The van der Waals surface area contributed by atoms with Crippen LogP contribution in [-0.4, -0.2) is 24.2 Å². The Balaban J connectivity index is 2.21. The van der Waals surface area contributed by atoms with Gasteiger partial charge >= 0.3 is 5.97 Å². The summed E-state index contributed by atoms with van der Waals surface area (Å²) >= 11 is 0. The monoisotopic (exact) mass is 311 g/mol.